The van der Waals surface area contributed by atoms with Crippen LogP contribution >= 0.6 is 15.9 Å². The van der Waals surface area contributed by atoms with Gasteiger partial charge in [-0.05, 0) is 24.3 Å². The lowest BCUT2D eigenvalue weighted by atomic mass is 10.3. The van der Waals surface area contributed by atoms with Crippen LogP contribution in [0.25, 0.3) is 0 Å². The van der Waals surface area contributed by atoms with Gasteiger partial charge in [-0.2, -0.15) is 10.2 Å². The van der Waals surface area contributed by atoms with E-state index in [1.165, 1.54) is 0 Å². The van der Waals surface area contributed by atoms with Crippen molar-refractivity contribution in [3.05, 3.63) is 28.7 Å². The summed E-state index contributed by atoms with van der Waals surface area (Å²) in [6, 6.07) is 7.67. The third kappa shape index (κ3) is 1.92. The molecule has 1 aromatic carbocycles. The fraction of sp³-hybridized carbons (Fsp3) is 0.143. The van der Waals surface area contributed by atoms with Crippen molar-refractivity contribution in [1.29, 1.82) is 0 Å². The quantitative estimate of drug-likeness (QED) is 0.620. The van der Waals surface area contributed by atoms with Gasteiger partial charge >= 0.3 is 0 Å². The summed E-state index contributed by atoms with van der Waals surface area (Å²) in [6.07, 6.45) is 0. The summed E-state index contributed by atoms with van der Waals surface area (Å²) in [5.74, 6) is 0. The molecule has 0 N–H and O–H groups in total. The Balaban J connectivity index is 2.89. The maximum atomic E-state index is 3.85. The molecule has 0 bridgehead atoms. The molecule has 0 fully saturated rings. The van der Waals surface area contributed by atoms with Crippen molar-refractivity contribution in [1.82, 2.24) is 0 Å². The Labute approximate surface area is 68.1 Å². The average molecular weight is 199 g/mol. The Morgan fingerprint density at radius 3 is 2.30 bits per heavy atom. The minimum Gasteiger partial charge on any atom is -0.192 e. The van der Waals surface area contributed by atoms with E-state index in [1.54, 1.807) is 7.05 Å². The summed E-state index contributed by atoms with van der Waals surface area (Å²) in [5, 5.41) is 7.50. The molecular formula is C7H7BrN2. The Morgan fingerprint density at radius 1 is 1.20 bits per heavy atom. The van der Waals surface area contributed by atoms with Crippen LogP contribution in [0.1, 0.15) is 0 Å². The van der Waals surface area contributed by atoms with Gasteiger partial charge in [0.2, 0.25) is 0 Å². The van der Waals surface area contributed by atoms with Crippen molar-refractivity contribution in [2.24, 2.45) is 10.2 Å². The molecule has 1 rings (SSSR count). The second-order valence-electron chi connectivity index (χ2n) is 1.78. The number of nitrogens with zero attached hydrogens (tertiary/aromatic N) is 2. The van der Waals surface area contributed by atoms with E-state index >= 15 is 0 Å². The van der Waals surface area contributed by atoms with E-state index in [0.717, 1.165) is 10.2 Å². The zero-order chi connectivity index (χ0) is 7.40. The number of rotatable bonds is 1. The molecule has 0 spiro atoms. The summed E-state index contributed by atoms with van der Waals surface area (Å²) in [5.41, 5.74) is 0.880. The molecule has 2 nitrogen and oxygen atoms in total. The van der Waals surface area contributed by atoms with Gasteiger partial charge in [0.15, 0.2) is 0 Å². The molecule has 0 atom stereocenters. The number of azo groups is 1. The molecule has 52 valence electrons. The van der Waals surface area contributed by atoms with Crippen molar-refractivity contribution in [2.45, 2.75) is 0 Å². The first-order valence-electron chi connectivity index (χ1n) is 2.88. The average Bonchev–Trinajstić information content (AvgIpc) is 1.95. The van der Waals surface area contributed by atoms with Crippen LogP contribution in [-0.2, 0) is 0 Å². The Hall–Kier alpha value is -0.700. The van der Waals surface area contributed by atoms with Gasteiger partial charge in [-0.25, -0.2) is 0 Å². The number of hydrogen-bond acceptors (Lipinski definition) is 2. The van der Waals surface area contributed by atoms with Gasteiger partial charge < -0.3 is 0 Å². The number of hydrogen-bond donors (Lipinski definition) is 0. The zero-order valence-electron chi connectivity index (χ0n) is 5.58. The van der Waals surface area contributed by atoms with Gasteiger partial charge in [0.25, 0.3) is 0 Å². The van der Waals surface area contributed by atoms with Gasteiger partial charge in [-0.15, -0.1) is 0 Å². The largest absolute Gasteiger partial charge is 0.192 e. The second kappa shape index (κ2) is 3.46. The smallest absolute Gasteiger partial charge is 0.0853 e. The van der Waals surface area contributed by atoms with Crippen LogP contribution in [-0.4, -0.2) is 7.05 Å². The predicted molar refractivity (Wildman–Crippen MR) is 44.6 cm³/mol. The molecule has 0 unspecified atom stereocenters. The zero-order valence-corrected chi connectivity index (χ0v) is 7.17. The molecule has 0 radical (unpaired) electrons. The maximum Gasteiger partial charge on any atom is 0.0853 e. The molecule has 1 aromatic rings. The summed E-state index contributed by atoms with van der Waals surface area (Å²) in [7, 11) is 1.65. The fourth-order valence-corrected chi connectivity index (χ4v) is 0.888. The molecule has 0 aromatic heterocycles. The van der Waals surface area contributed by atoms with E-state index in [2.05, 4.69) is 26.2 Å². The van der Waals surface area contributed by atoms with Crippen LogP contribution in [0.15, 0.2) is 39.0 Å². The Kier molecular flexibility index (Phi) is 2.57. The van der Waals surface area contributed by atoms with Crippen molar-refractivity contribution < 1.29 is 0 Å². The van der Waals surface area contributed by atoms with E-state index in [9.17, 15) is 0 Å². The van der Waals surface area contributed by atoms with Gasteiger partial charge in [0, 0.05) is 11.5 Å². The lowest BCUT2D eigenvalue weighted by Crippen LogP contribution is -1.62. The first kappa shape index (κ1) is 7.41. The first-order chi connectivity index (χ1) is 4.83. The minimum absolute atomic E-state index is 0.880. The monoisotopic (exact) mass is 198 g/mol. The minimum atomic E-state index is 0.880. The summed E-state index contributed by atoms with van der Waals surface area (Å²) < 4.78 is 1.06. The lowest BCUT2D eigenvalue weighted by Gasteiger charge is -1.89. The highest BCUT2D eigenvalue weighted by Gasteiger charge is 1.86. The molecule has 0 saturated heterocycles. The topological polar surface area (TPSA) is 24.7 Å². The summed E-state index contributed by atoms with van der Waals surface area (Å²) in [6.45, 7) is 0. The third-order valence-corrected chi connectivity index (χ3v) is 1.57. The number of benzene rings is 1. The molecule has 0 amide bonds. The Bertz CT molecular complexity index is 228. The first-order valence-corrected chi connectivity index (χ1v) is 3.67. The normalized spacial score (nSPS) is 10.6. The van der Waals surface area contributed by atoms with E-state index < -0.39 is 0 Å². The predicted octanol–water partition coefficient (Wildman–Crippen LogP) is 3.16. The highest BCUT2D eigenvalue weighted by Crippen LogP contribution is 2.16. The van der Waals surface area contributed by atoms with Gasteiger partial charge in [-0.1, -0.05) is 15.9 Å². The molecule has 0 heterocycles. The highest BCUT2D eigenvalue weighted by molar-refractivity contribution is 9.10. The molecule has 0 aliphatic carbocycles. The van der Waals surface area contributed by atoms with Crippen molar-refractivity contribution in [2.75, 3.05) is 7.05 Å². The third-order valence-electron chi connectivity index (χ3n) is 1.04. The van der Waals surface area contributed by atoms with Crippen LogP contribution in [0.5, 0.6) is 0 Å². The van der Waals surface area contributed by atoms with Crippen LogP contribution in [0.3, 0.4) is 0 Å². The standard InChI is InChI=1S/C7H7BrN2/c1-9-10-7-4-2-6(8)3-5-7/h2-5H,1H3. The van der Waals surface area contributed by atoms with Gasteiger partial charge in [0.1, 0.15) is 0 Å². The molecule has 0 saturated carbocycles. The molecule has 0 aliphatic rings. The van der Waals surface area contributed by atoms with Crippen LogP contribution in [0.4, 0.5) is 5.69 Å². The van der Waals surface area contributed by atoms with E-state index in [1.807, 2.05) is 24.3 Å². The molecule has 10 heavy (non-hydrogen) atoms. The SMILES string of the molecule is CN=Nc1ccc(Br)cc1. The fourth-order valence-electron chi connectivity index (χ4n) is 0.623. The van der Waals surface area contributed by atoms with Crippen LogP contribution in [0, 0.1) is 0 Å². The van der Waals surface area contributed by atoms with Crippen LogP contribution in [0.2, 0.25) is 0 Å². The maximum absolute atomic E-state index is 3.85. The molecular weight excluding hydrogens is 192 g/mol. The summed E-state index contributed by atoms with van der Waals surface area (Å²) >= 11 is 3.32. The van der Waals surface area contributed by atoms with Crippen molar-refractivity contribution in [3.8, 4) is 0 Å². The van der Waals surface area contributed by atoms with E-state index in [-0.39, 0.29) is 0 Å². The van der Waals surface area contributed by atoms with Crippen LogP contribution < -0.4 is 0 Å². The van der Waals surface area contributed by atoms with Gasteiger partial charge in [0.05, 0.1) is 5.69 Å². The van der Waals surface area contributed by atoms with Crippen molar-refractivity contribution in [3.63, 3.8) is 0 Å². The van der Waals surface area contributed by atoms with Crippen molar-refractivity contribution >= 4 is 21.6 Å². The van der Waals surface area contributed by atoms with Gasteiger partial charge in [-0.3, -0.25) is 0 Å². The van der Waals surface area contributed by atoms with E-state index in [0.29, 0.717) is 0 Å². The summed E-state index contributed by atoms with van der Waals surface area (Å²) in [4.78, 5) is 0. The molecule has 3 heteroatoms. The van der Waals surface area contributed by atoms with E-state index in [4.69, 9.17) is 0 Å². The lowest BCUT2D eigenvalue weighted by molar-refractivity contribution is 1.17. The Morgan fingerprint density at radius 2 is 1.80 bits per heavy atom. The number of halogens is 1. The second-order valence-corrected chi connectivity index (χ2v) is 2.69. The molecule has 0 aliphatic heterocycles. The highest BCUT2D eigenvalue weighted by atomic mass is 79.9.